The van der Waals surface area contributed by atoms with Gasteiger partial charge in [0.25, 0.3) is 0 Å². The molecular weight excluding hydrogens is 234 g/mol. The second kappa shape index (κ2) is 3.56. The fourth-order valence-corrected chi connectivity index (χ4v) is 4.13. The van der Waals surface area contributed by atoms with Crippen molar-refractivity contribution in [3.05, 3.63) is 29.3 Å². The first-order chi connectivity index (χ1) is 7.99. The average molecular weight is 251 g/mol. The molecule has 0 bridgehead atoms. The Hall–Kier alpha value is -0.870. The normalized spacial score (nSPS) is 24.1. The summed E-state index contributed by atoms with van der Waals surface area (Å²) in [5.74, 6) is 0.292. The number of hydrogen-bond donors (Lipinski definition) is 1. The fraction of sp³-hybridized carbons (Fsp3) is 0.538. The predicted molar refractivity (Wildman–Crippen MR) is 66.7 cm³/mol. The van der Waals surface area contributed by atoms with Crippen LogP contribution in [-0.4, -0.2) is 19.7 Å². The Labute approximate surface area is 102 Å². The maximum atomic E-state index is 11.9. The third-order valence-corrected chi connectivity index (χ3v) is 5.66. The molecule has 1 aromatic carbocycles. The van der Waals surface area contributed by atoms with Crippen molar-refractivity contribution in [2.24, 2.45) is 5.73 Å². The van der Waals surface area contributed by atoms with Crippen LogP contribution >= 0.6 is 0 Å². The maximum absolute atomic E-state index is 11.9. The lowest BCUT2D eigenvalue weighted by atomic mass is 10.0. The van der Waals surface area contributed by atoms with Gasteiger partial charge in [0, 0.05) is 5.54 Å². The van der Waals surface area contributed by atoms with Gasteiger partial charge in [-0.05, 0) is 49.3 Å². The highest BCUT2D eigenvalue weighted by molar-refractivity contribution is 7.91. The Morgan fingerprint density at radius 1 is 1.29 bits per heavy atom. The van der Waals surface area contributed by atoms with Gasteiger partial charge in [0.1, 0.15) is 0 Å². The molecule has 17 heavy (non-hydrogen) atoms. The van der Waals surface area contributed by atoms with Gasteiger partial charge in [-0.25, -0.2) is 8.42 Å². The van der Waals surface area contributed by atoms with Crippen LogP contribution in [0, 0.1) is 0 Å². The zero-order valence-electron chi connectivity index (χ0n) is 9.78. The van der Waals surface area contributed by atoms with Crippen LogP contribution in [-0.2, 0) is 22.7 Å². The Morgan fingerprint density at radius 2 is 2.06 bits per heavy atom. The third-order valence-electron chi connectivity index (χ3n) is 3.77. The van der Waals surface area contributed by atoms with E-state index in [1.54, 1.807) is 6.07 Å². The molecule has 4 heteroatoms. The van der Waals surface area contributed by atoms with E-state index in [2.05, 4.69) is 0 Å². The molecule has 1 aromatic rings. The molecule has 0 unspecified atom stereocenters. The van der Waals surface area contributed by atoms with Gasteiger partial charge in [0.15, 0.2) is 9.84 Å². The SMILES string of the molecule is NC1(Cc2ccc3c(c2)CCCS3(=O)=O)CC1. The fourth-order valence-electron chi connectivity index (χ4n) is 2.55. The van der Waals surface area contributed by atoms with Crippen molar-refractivity contribution < 1.29 is 8.42 Å². The number of fused-ring (bicyclic) bond motifs is 1. The van der Waals surface area contributed by atoms with Crippen molar-refractivity contribution in [1.29, 1.82) is 0 Å². The van der Waals surface area contributed by atoms with Gasteiger partial charge < -0.3 is 5.73 Å². The summed E-state index contributed by atoms with van der Waals surface area (Å²) in [6, 6.07) is 5.73. The van der Waals surface area contributed by atoms with Crippen molar-refractivity contribution in [1.82, 2.24) is 0 Å². The number of nitrogens with two attached hydrogens (primary N) is 1. The summed E-state index contributed by atoms with van der Waals surface area (Å²) < 4.78 is 23.7. The molecule has 2 aliphatic rings. The topological polar surface area (TPSA) is 60.2 Å². The molecule has 0 spiro atoms. The molecule has 3 nitrogen and oxygen atoms in total. The number of rotatable bonds is 2. The molecule has 1 aliphatic heterocycles. The first-order valence-corrected chi connectivity index (χ1v) is 7.77. The molecular formula is C13H17NO2S. The summed E-state index contributed by atoms with van der Waals surface area (Å²) >= 11 is 0. The first-order valence-electron chi connectivity index (χ1n) is 6.12. The molecule has 0 radical (unpaired) electrons. The lowest BCUT2D eigenvalue weighted by Crippen LogP contribution is -2.25. The van der Waals surface area contributed by atoms with E-state index >= 15 is 0 Å². The molecule has 1 aliphatic carbocycles. The van der Waals surface area contributed by atoms with Crippen molar-refractivity contribution in [3.63, 3.8) is 0 Å². The number of aryl methyl sites for hydroxylation is 1. The van der Waals surface area contributed by atoms with Crippen LogP contribution in [0.2, 0.25) is 0 Å². The zero-order chi connectivity index (χ0) is 12.1. The third kappa shape index (κ3) is 2.11. The molecule has 92 valence electrons. The van der Waals surface area contributed by atoms with Gasteiger partial charge >= 0.3 is 0 Å². The van der Waals surface area contributed by atoms with Gasteiger partial charge in [-0.15, -0.1) is 0 Å². The van der Waals surface area contributed by atoms with Gasteiger partial charge in [-0.1, -0.05) is 12.1 Å². The smallest absolute Gasteiger partial charge is 0.178 e. The van der Waals surface area contributed by atoms with Crippen LogP contribution in [0.3, 0.4) is 0 Å². The van der Waals surface area contributed by atoms with Crippen LogP contribution < -0.4 is 5.73 Å². The van der Waals surface area contributed by atoms with Gasteiger partial charge in [-0.2, -0.15) is 0 Å². The van der Waals surface area contributed by atoms with E-state index < -0.39 is 9.84 Å². The molecule has 3 rings (SSSR count). The summed E-state index contributed by atoms with van der Waals surface area (Å²) in [5, 5.41) is 0. The highest BCUT2D eigenvalue weighted by Crippen LogP contribution is 2.36. The molecule has 0 saturated heterocycles. The first kappa shape index (κ1) is 11.2. The highest BCUT2D eigenvalue weighted by atomic mass is 32.2. The van der Waals surface area contributed by atoms with Gasteiger partial charge in [-0.3, -0.25) is 0 Å². The van der Waals surface area contributed by atoms with E-state index in [1.807, 2.05) is 12.1 Å². The second-order valence-corrected chi connectivity index (χ2v) is 7.48. The standard InChI is InChI=1S/C13H17NO2S/c14-13(5-6-13)9-10-3-4-12-11(8-10)2-1-7-17(12,15)16/h3-4,8H,1-2,5-7,9,14H2. The van der Waals surface area contributed by atoms with E-state index in [0.717, 1.165) is 37.7 Å². The van der Waals surface area contributed by atoms with Crippen LogP contribution in [0.1, 0.15) is 30.4 Å². The van der Waals surface area contributed by atoms with Gasteiger partial charge in [0.2, 0.25) is 0 Å². The largest absolute Gasteiger partial charge is 0.325 e. The van der Waals surface area contributed by atoms with E-state index in [9.17, 15) is 8.42 Å². The number of hydrogen-bond acceptors (Lipinski definition) is 3. The molecule has 1 saturated carbocycles. The summed E-state index contributed by atoms with van der Waals surface area (Å²) in [6.45, 7) is 0. The average Bonchev–Trinajstić information content (AvgIpc) is 2.95. The quantitative estimate of drug-likeness (QED) is 0.865. The predicted octanol–water partition coefficient (Wildman–Crippen LogP) is 1.44. The number of benzene rings is 1. The van der Waals surface area contributed by atoms with Crippen LogP contribution in [0.4, 0.5) is 0 Å². The lowest BCUT2D eigenvalue weighted by Gasteiger charge is -2.18. The minimum atomic E-state index is -3.02. The summed E-state index contributed by atoms with van der Waals surface area (Å²) in [6.07, 6.45) is 4.66. The van der Waals surface area contributed by atoms with E-state index in [4.69, 9.17) is 5.73 Å². The zero-order valence-corrected chi connectivity index (χ0v) is 10.6. The van der Waals surface area contributed by atoms with E-state index in [-0.39, 0.29) is 5.54 Å². The molecule has 0 amide bonds. The Kier molecular flexibility index (Phi) is 2.35. The van der Waals surface area contributed by atoms with E-state index in [0.29, 0.717) is 10.6 Å². The number of sulfone groups is 1. The van der Waals surface area contributed by atoms with Crippen molar-refractivity contribution in [2.75, 3.05) is 5.75 Å². The summed E-state index contributed by atoms with van der Waals surface area (Å²) in [7, 11) is -3.02. The Balaban J connectivity index is 1.96. The molecule has 1 fully saturated rings. The van der Waals surface area contributed by atoms with Gasteiger partial charge in [0.05, 0.1) is 10.6 Å². The monoisotopic (exact) mass is 251 g/mol. The Morgan fingerprint density at radius 3 is 2.76 bits per heavy atom. The minimum absolute atomic E-state index is 0.0121. The Bertz CT molecular complexity index is 559. The van der Waals surface area contributed by atoms with Crippen molar-refractivity contribution in [3.8, 4) is 0 Å². The second-order valence-electron chi connectivity index (χ2n) is 5.40. The molecule has 2 N–H and O–H groups in total. The summed E-state index contributed by atoms with van der Waals surface area (Å²) in [5.41, 5.74) is 8.24. The van der Waals surface area contributed by atoms with Crippen LogP contribution in [0.25, 0.3) is 0 Å². The van der Waals surface area contributed by atoms with E-state index in [1.165, 1.54) is 5.56 Å². The summed E-state index contributed by atoms with van der Waals surface area (Å²) in [4.78, 5) is 0.536. The van der Waals surface area contributed by atoms with Crippen LogP contribution in [0.5, 0.6) is 0 Å². The maximum Gasteiger partial charge on any atom is 0.178 e. The minimum Gasteiger partial charge on any atom is -0.325 e. The van der Waals surface area contributed by atoms with Crippen LogP contribution in [0.15, 0.2) is 23.1 Å². The molecule has 0 aromatic heterocycles. The molecule has 1 heterocycles. The molecule has 0 atom stereocenters. The van der Waals surface area contributed by atoms with Crippen molar-refractivity contribution in [2.45, 2.75) is 42.5 Å². The highest BCUT2D eigenvalue weighted by Gasteiger charge is 2.38. The lowest BCUT2D eigenvalue weighted by molar-refractivity contribution is 0.586. The van der Waals surface area contributed by atoms with Crippen molar-refractivity contribution >= 4 is 9.84 Å².